The zero-order valence-corrected chi connectivity index (χ0v) is 10.8. The summed E-state index contributed by atoms with van der Waals surface area (Å²) in [4.78, 5) is 11.7. The van der Waals surface area contributed by atoms with E-state index in [2.05, 4.69) is 5.32 Å². The number of carbonyl (C=O) groups excluding carboxylic acids is 1. The summed E-state index contributed by atoms with van der Waals surface area (Å²) in [6.45, 7) is 1.94. The van der Waals surface area contributed by atoms with Gasteiger partial charge in [0.15, 0.2) is 11.5 Å². The van der Waals surface area contributed by atoms with Crippen molar-refractivity contribution in [3.05, 3.63) is 54.1 Å². The molecule has 2 rings (SSSR count). The van der Waals surface area contributed by atoms with Gasteiger partial charge in [0.1, 0.15) is 0 Å². The number of para-hydroxylation sites is 1. The molecule has 0 radical (unpaired) electrons. The number of carbonyl (C=O) groups is 1. The Hall–Kier alpha value is -2.49. The highest BCUT2D eigenvalue weighted by Crippen LogP contribution is 2.28. The fraction of sp³-hybridized carbons (Fsp3) is 0.133. The maximum absolute atomic E-state index is 11.7. The topological polar surface area (TPSA) is 47.6 Å². The van der Waals surface area contributed by atoms with Gasteiger partial charge in [0, 0.05) is 5.69 Å². The summed E-state index contributed by atoms with van der Waals surface area (Å²) >= 11 is 0. The van der Waals surface area contributed by atoms with Crippen molar-refractivity contribution in [1.82, 2.24) is 0 Å². The van der Waals surface area contributed by atoms with Crippen LogP contribution in [0.15, 0.2) is 48.5 Å². The molecule has 4 nitrogen and oxygen atoms in total. The molecule has 1 amide bonds. The molecular weight excluding hydrogens is 242 g/mol. The van der Waals surface area contributed by atoms with Gasteiger partial charge < -0.3 is 9.47 Å². The lowest BCUT2D eigenvalue weighted by molar-refractivity contribution is 0.213. The van der Waals surface area contributed by atoms with Gasteiger partial charge in [-0.1, -0.05) is 24.3 Å². The summed E-state index contributed by atoms with van der Waals surface area (Å²) < 4.78 is 10.4. The Kier molecular flexibility index (Phi) is 4.03. The standard InChI is InChI=1S/C15H15NO3/c1-11-8-9-13(14(10-11)18-2)19-15(17)16-12-6-4-3-5-7-12/h3-10H,1-2H3,(H,16,17). The second-order valence-corrected chi connectivity index (χ2v) is 4.03. The van der Waals surface area contributed by atoms with Crippen molar-refractivity contribution < 1.29 is 14.3 Å². The molecule has 0 atom stereocenters. The van der Waals surface area contributed by atoms with Crippen molar-refractivity contribution in [1.29, 1.82) is 0 Å². The Balaban J connectivity index is 2.07. The number of ether oxygens (including phenoxy) is 2. The molecule has 0 aliphatic carbocycles. The Bertz CT molecular complexity index is 567. The minimum absolute atomic E-state index is 0.390. The van der Waals surface area contributed by atoms with Gasteiger partial charge in [-0.15, -0.1) is 0 Å². The van der Waals surface area contributed by atoms with Crippen LogP contribution in [-0.2, 0) is 0 Å². The Labute approximate surface area is 112 Å². The van der Waals surface area contributed by atoms with Crippen LogP contribution in [-0.4, -0.2) is 13.2 Å². The average Bonchev–Trinajstić information content (AvgIpc) is 2.42. The van der Waals surface area contributed by atoms with Crippen molar-refractivity contribution in [2.45, 2.75) is 6.92 Å². The van der Waals surface area contributed by atoms with Gasteiger partial charge in [0.25, 0.3) is 0 Å². The Morgan fingerprint density at radius 3 is 2.47 bits per heavy atom. The number of benzene rings is 2. The molecule has 0 fully saturated rings. The molecule has 4 heteroatoms. The van der Waals surface area contributed by atoms with Gasteiger partial charge in [0.2, 0.25) is 0 Å². The van der Waals surface area contributed by atoms with Crippen LogP contribution >= 0.6 is 0 Å². The maximum atomic E-state index is 11.7. The van der Waals surface area contributed by atoms with Crippen molar-refractivity contribution in [3.8, 4) is 11.5 Å². The molecule has 0 aromatic heterocycles. The van der Waals surface area contributed by atoms with Gasteiger partial charge >= 0.3 is 6.09 Å². The summed E-state index contributed by atoms with van der Waals surface area (Å²) in [5.74, 6) is 0.921. The average molecular weight is 257 g/mol. The highest BCUT2D eigenvalue weighted by Gasteiger charge is 2.10. The SMILES string of the molecule is COc1cc(C)ccc1OC(=O)Nc1ccccc1. The van der Waals surface area contributed by atoms with E-state index in [-0.39, 0.29) is 0 Å². The van der Waals surface area contributed by atoms with Crippen LogP contribution < -0.4 is 14.8 Å². The lowest BCUT2D eigenvalue weighted by Gasteiger charge is -2.10. The normalized spacial score (nSPS) is 9.79. The lowest BCUT2D eigenvalue weighted by atomic mass is 10.2. The predicted octanol–water partition coefficient (Wildman–Crippen LogP) is 3.61. The van der Waals surface area contributed by atoms with Crippen LogP contribution in [0, 0.1) is 6.92 Å². The molecule has 0 aliphatic heterocycles. The molecule has 0 unspecified atom stereocenters. The van der Waals surface area contributed by atoms with E-state index in [1.807, 2.05) is 37.3 Å². The highest BCUT2D eigenvalue weighted by molar-refractivity contribution is 5.86. The summed E-state index contributed by atoms with van der Waals surface area (Å²) in [6, 6.07) is 14.5. The number of hydrogen-bond donors (Lipinski definition) is 1. The van der Waals surface area contributed by atoms with Crippen LogP contribution in [0.25, 0.3) is 0 Å². The van der Waals surface area contributed by atoms with E-state index in [0.717, 1.165) is 5.56 Å². The van der Waals surface area contributed by atoms with E-state index >= 15 is 0 Å². The smallest absolute Gasteiger partial charge is 0.417 e. The van der Waals surface area contributed by atoms with Crippen molar-refractivity contribution >= 4 is 11.8 Å². The van der Waals surface area contributed by atoms with Crippen molar-refractivity contribution in [2.24, 2.45) is 0 Å². The first-order valence-corrected chi connectivity index (χ1v) is 5.87. The molecule has 0 saturated heterocycles. The number of rotatable bonds is 3. The molecule has 0 aliphatic rings. The quantitative estimate of drug-likeness (QED) is 0.913. The molecule has 0 spiro atoms. The van der Waals surface area contributed by atoms with Gasteiger partial charge in [0.05, 0.1) is 7.11 Å². The molecule has 2 aromatic carbocycles. The van der Waals surface area contributed by atoms with Gasteiger partial charge in [-0.3, -0.25) is 5.32 Å². The molecule has 98 valence electrons. The first kappa shape index (κ1) is 13.0. The molecular formula is C15H15NO3. The molecule has 0 bridgehead atoms. The molecule has 2 aromatic rings. The molecule has 1 N–H and O–H groups in total. The number of methoxy groups -OCH3 is 1. The highest BCUT2D eigenvalue weighted by atomic mass is 16.6. The van der Waals surface area contributed by atoms with Crippen LogP contribution in [0.2, 0.25) is 0 Å². The van der Waals surface area contributed by atoms with E-state index in [4.69, 9.17) is 9.47 Å². The van der Waals surface area contributed by atoms with Crippen molar-refractivity contribution in [3.63, 3.8) is 0 Å². The van der Waals surface area contributed by atoms with Gasteiger partial charge in [-0.05, 0) is 36.8 Å². The van der Waals surface area contributed by atoms with E-state index < -0.39 is 6.09 Å². The number of hydrogen-bond acceptors (Lipinski definition) is 3. The first-order valence-electron chi connectivity index (χ1n) is 5.87. The second-order valence-electron chi connectivity index (χ2n) is 4.03. The van der Waals surface area contributed by atoms with E-state index in [9.17, 15) is 4.79 Å². The summed E-state index contributed by atoms with van der Waals surface area (Å²) in [6.07, 6.45) is -0.548. The minimum Gasteiger partial charge on any atom is -0.493 e. The predicted molar refractivity (Wildman–Crippen MR) is 73.8 cm³/mol. The molecule has 0 saturated carbocycles. The van der Waals surface area contributed by atoms with Crippen LogP contribution in [0.5, 0.6) is 11.5 Å². The van der Waals surface area contributed by atoms with Crippen LogP contribution in [0.3, 0.4) is 0 Å². The fourth-order valence-corrected chi connectivity index (χ4v) is 1.62. The first-order chi connectivity index (χ1) is 9.19. The lowest BCUT2D eigenvalue weighted by Crippen LogP contribution is -2.17. The zero-order chi connectivity index (χ0) is 13.7. The third kappa shape index (κ3) is 3.48. The van der Waals surface area contributed by atoms with E-state index in [0.29, 0.717) is 17.2 Å². The maximum Gasteiger partial charge on any atom is 0.417 e. The third-order valence-electron chi connectivity index (χ3n) is 2.54. The summed E-state index contributed by atoms with van der Waals surface area (Å²) in [7, 11) is 1.54. The summed E-state index contributed by atoms with van der Waals surface area (Å²) in [5, 5.41) is 2.64. The van der Waals surface area contributed by atoms with Crippen LogP contribution in [0.1, 0.15) is 5.56 Å². The van der Waals surface area contributed by atoms with Gasteiger partial charge in [-0.2, -0.15) is 0 Å². The number of anilines is 1. The van der Waals surface area contributed by atoms with Crippen LogP contribution in [0.4, 0.5) is 10.5 Å². The Morgan fingerprint density at radius 2 is 1.79 bits per heavy atom. The van der Waals surface area contributed by atoms with E-state index in [1.165, 1.54) is 7.11 Å². The minimum atomic E-state index is -0.548. The third-order valence-corrected chi connectivity index (χ3v) is 2.54. The molecule has 0 heterocycles. The number of aryl methyl sites for hydroxylation is 1. The monoisotopic (exact) mass is 257 g/mol. The van der Waals surface area contributed by atoms with E-state index in [1.54, 1.807) is 18.2 Å². The Morgan fingerprint density at radius 1 is 1.05 bits per heavy atom. The molecule has 19 heavy (non-hydrogen) atoms. The second kappa shape index (κ2) is 5.91. The largest absolute Gasteiger partial charge is 0.493 e. The summed E-state index contributed by atoms with van der Waals surface area (Å²) in [5.41, 5.74) is 1.71. The van der Waals surface area contributed by atoms with Crippen molar-refractivity contribution in [2.75, 3.05) is 12.4 Å². The fourth-order valence-electron chi connectivity index (χ4n) is 1.62. The number of amides is 1. The van der Waals surface area contributed by atoms with Gasteiger partial charge in [-0.25, -0.2) is 4.79 Å². The zero-order valence-electron chi connectivity index (χ0n) is 10.8. The number of nitrogens with one attached hydrogen (secondary N) is 1.